The van der Waals surface area contributed by atoms with Crippen molar-refractivity contribution >= 4 is 11.6 Å². The molecular formula is C12H17ClFNO. The number of ether oxygens (including phenoxy) is 1. The van der Waals surface area contributed by atoms with Crippen LogP contribution >= 0.6 is 11.6 Å². The first-order chi connectivity index (χ1) is 7.69. The van der Waals surface area contributed by atoms with Crippen molar-refractivity contribution < 1.29 is 9.13 Å². The third-order valence-electron chi connectivity index (χ3n) is 2.31. The number of halogens is 2. The van der Waals surface area contributed by atoms with Gasteiger partial charge >= 0.3 is 0 Å². The van der Waals surface area contributed by atoms with E-state index in [4.69, 9.17) is 16.3 Å². The van der Waals surface area contributed by atoms with E-state index < -0.39 is 0 Å². The Kier molecular flexibility index (Phi) is 5.74. The number of benzene rings is 1. The van der Waals surface area contributed by atoms with Crippen LogP contribution in [0.25, 0.3) is 0 Å². The van der Waals surface area contributed by atoms with Gasteiger partial charge in [0.2, 0.25) is 0 Å². The summed E-state index contributed by atoms with van der Waals surface area (Å²) in [5.74, 6) is -0.293. The van der Waals surface area contributed by atoms with Crippen molar-refractivity contribution in [1.29, 1.82) is 0 Å². The van der Waals surface area contributed by atoms with Gasteiger partial charge in [0.25, 0.3) is 0 Å². The summed E-state index contributed by atoms with van der Waals surface area (Å²) in [5.41, 5.74) is 0.597. The molecule has 0 aliphatic heterocycles. The Morgan fingerprint density at radius 2 is 2.25 bits per heavy atom. The Morgan fingerprint density at radius 1 is 1.50 bits per heavy atom. The zero-order valence-corrected chi connectivity index (χ0v) is 10.4. The first-order valence-electron chi connectivity index (χ1n) is 5.36. The van der Waals surface area contributed by atoms with Gasteiger partial charge in [-0.3, -0.25) is 0 Å². The lowest BCUT2D eigenvalue weighted by Gasteiger charge is -2.18. The van der Waals surface area contributed by atoms with Crippen molar-refractivity contribution in [2.24, 2.45) is 0 Å². The van der Waals surface area contributed by atoms with E-state index in [1.807, 2.05) is 0 Å². The summed E-state index contributed by atoms with van der Waals surface area (Å²) in [6, 6.07) is 4.59. The maximum atomic E-state index is 13.7. The largest absolute Gasteiger partial charge is 0.383 e. The summed E-state index contributed by atoms with van der Waals surface area (Å²) in [7, 11) is 1.61. The van der Waals surface area contributed by atoms with Crippen molar-refractivity contribution in [3.8, 4) is 0 Å². The highest BCUT2D eigenvalue weighted by Gasteiger charge is 2.14. The highest BCUT2D eigenvalue weighted by atomic mass is 35.5. The number of rotatable bonds is 6. The maximum Gasteiger partial charge on any atom is 0.129 e. The molecule has 1 aromatic rings. The standard InChI is InChI=1S/C12H17ClFNO/c1-3-6-15-12(8-16-2)10-5-4-9(13)7-11(10)14/h4-5,7,12,15H,3,6,8H2,1-2H3. The molecule has 0 spiro atoms. The molecule has 0 saturated heterocycles. The monoisotopic (exact) mass is 245 g/mol. The van der Waals surface area contributed by atoms with Gasteiger partial charge < -0.3 is 10.1 Å². The first kappa shape index (κ1) is 13.4. The molecular weight excluding hydrogens is 229 g/mol. The minimum atomic E-state index is -0.293. The van der Waals surface area contributed by atoms with Gasteiger partial charge in [0.15, 0.2) is 0 Å². The van der Waals surface area contributed by atoms with Crippen LogP contribution in [0.2, 0.25) is 5.02 Å². The van der Waals surface area contributed by atoms with Crippen molar-refractivity contribution in [3.05, 3.63) is 34.6 Å². The van der Waals surface area contributed by atoms with E-state index in [0.717, 1.165) is 13.0 Å². The van der Waals surface area contributed by atoms with Crippen LogP contribution in [0.4, 0.5) is 4.39 Å². The van der Waals surface area contributed by atoms with E-state index in [2.05, 4.69) is 12.2 Å². The van der Waals surface area contributed by atoms with Crippen LogP contribution in [-0.2, 0) is 4.74 Å². The fourth-order valence-corrected chi connectivity index (χ4v) is 1.69. The summed E-state index contributed by atoms with van der Waals surface area (Å²) in [6.45, 7) is 3.34. The van der Waals surface area contributed by atoms with Crippen LogP contribution in [0.5, 0.6) is 0 Å². The highest BCUT2D eigenvalue weighted by molar-refractivity contribution is 6.30. The molecule has 0 heterocycles. The third kappa shape index (κ3) is 3.74. The molecule has 1 unspecified atom stereocenters. The van der Waals surface area contributed by atoms with Crippen molar-refractivity contribution in [2.45, 2.75) is 19.4 Å². The fraction of sp³-hybridized carbons (Fsp3) is 0.500. The van der Waals surface area contributed by atoms with Crippen LogP contribution in [0.15, 0.2) is 18.2 Å². The summed E-state index contributed by atoms with van der Waals surface area (Å²) in [4.78, 5) is 0. The molecule has 1 atom stereocenters. The van der Waals surface area contributed by atoms with E-state index in [1.54, 1.807) is 19.2 Å². The Morgan fingerprint density at radius 3 is 2.81 bits per heavy atom. The Labute approximate surface area is 101 Å². The lowest BCUT2D eigenvalue weighted by molar-refractivity contribution is 0.165. The highest BCUT2D eigenvalue weighted by Crippen LogP contribution is 2.21. The maximum absolute atomic E-state index is 13.7. The van der Waals surface area contributed by atoms with Gasteiger partial charge in [0.05, 0.1) is 12.6 Å². The molecule has 1 aromatic carbocycles. The van der Waals surface area contributed by atoms with Gasteiger partial charge in [-0.15, -0.1) is 0 Å². The summed E-state index contributed by atoms with van der Waals surface area (Å²) in [5, 5.41) is 3.65. The van der Waals surface area contributed by atoms with E-state index in [9.17, 15) is 4.39 Å². The quantitative estimate of drug-likeness (QED) is 0.831. The second-order valence-corrected chi connectivity index (χ2v) is 4.06. The lowest BCUT2D eigenvalue weighted by atomic mass is 10.1. The Bertz CT molecular complexity index is 333. The molecule has 0 aromatic heterocycles. The van der Waals surface area contributed by atoms with Gasteiger partial charge in [-0.25, -0.2) is 4.39 Å². The van der Waals surface area contributed by atoms with Gasteiger partial charge in [0, 0.05) is 17.7 Å². The van der Waals surface area contributed by atoms with Crippen molar-refractivity contribution in [2.75, 3.05) is 20.3 Å². The summed E-state index contributed by atoms with van der Waals surface area (Å²) in [6.07, 6.45) is 0.995. The molecule has 90 valence electrons. The SMILES string of the molecule is CCCNC(COC)c1ccc(Cl)cc1F. The smallest absolute Gasteiger partial charge is 0.129 e. The molecule has 0 fully saturated rings. The Balaban J connectivity index is 2.82. The molecule has 1 rings (SSSR count). The topological polar surface area (TPSA) is 21.3 Å². The summed E-state index contributed by atoms with van der Waals surface area (Å²) < 4.78 is 18.7. The lowest BCUT2D eigenvalue weighted by Crippen LogP contribution is -2.26. The first-order valence-corrected chi connectivity index (χ1v) is 5.74. The zero-order chi connectivity index (χ0) is 12.0. The normalized spacial score (nSPS) is 12.8. The van der Waals surface area contributed by atoms with E-state index in [-0.39, 0.29) is 11.9 Å². The van der Waals surface area contributed by atoms with Crippen molar-refractivity contribution in [3.63, 3.8) is 0 Å². The van der Waals surface area contributed by atoms with Gasteiger partial charge in [-0.2, -0.15) is 0 Å². The predicted molar refractivity (Wildman–Crippen MR) is 64.3 cm³/mol. The average molecular weight is 246 g/mol. The molecule has 0 amide bonds. The van der Waals surface area contributed by atoms with Crippen LogP contribution in [-0.4, -0.2) is 20.3 Å². The number of methoxy groups -OCH3 is 1. The molecule has 16 heavy (non-hydrogen) atoms. The van der Waals surface area contributed by atoms with Crippen LogP contribution in [0.1, 0.15) is 24.9 Å². The van der Waals surface area contributed by atoms with E-state index in [1.165, 1.54) is 6.07 Å². The zero-order valence-electron chi connectivity index (χ0n) is 9.59. The molecule has 0 radical (unpaired) electrons. The van der Waals surface area contributed by atoms with Gasteiger partial charge in [0.1, 0.15) is 5.82 Å². The molecule has 4 heteroatoms. The van der Waals surface area contributed by atoms with E-state index >= 15 is 0 Å². The van der Waals surface area contributed by atoms with Crippen LogP contribution < -0.4 is 5.32 Å². The molecule has 2 nitrogen and oxygen atoms in total. The minimum absolute atomic E-state index is 0.123. The van der Waals surface area contributed by atoms with Gasteiger partial charge in [-0.1, -0.05) is 24.6 Å². The van der Waals surface area contributed by atoms with Crippen LogP contribution in [0.3, 0.4) is 0 Å². The third-order valence-corrected chi connectivity index (χ3v) is 2.55. The predicted octanol–water partition coefficient (Wildman–Crippen LogP) is 3.17. The molecule has 0 bridgehead atoms. The fourth-order valence-electron chi connectivity index (χ4n) is 1.53. The number of nitrogens with one attached hydrogen (secondary N) is 1. The molecule has 0 aliphatic carbocycles. The second kappa shape index (κ2) is 6.84. The summed E-state index contributed by atoms with van der Waals surface area (Å²) >= 11 is 5.71. The number of hydrogen-bond donors (Lipinski definition) is 1. The molecule has 1 N–H and O–H groups in total. The Hall–Kier alpha value is -0.640. The van der Waals surface area contributed by atoms with Crippen molar-refractivity contribution in [1.82, 2.24) is 5.32 Å². The number of hydrogen-bond acceptors (Lipinski definition) is 2. The second-order valence-electron chi connectivity index (χ2n) is 3.63. The molecule has 0 saturated carbocycles. The van der Waals surface area contributed by atoms with Crippen LogP contribution in [0, 0.1) is 5.82 Å². The van der Waals surface area contributed by atoms with Gasteiger partial charge in [-0.05, 0) is 25.1 Å². The van der Waals surface area contributed by atoms with E-state index in [0.29, 0.717) is 17.2 Å². The minimum Gasteiger partial charge on any atom is -0.383 e. The molecule has 0 aliphatic rings. The average Bonchev–Trinajstić information content (AvgIpc) is 2.25.